The van der Waals surface area contributed by atoms with Gasteiger partial charge in [-0.25, -0.2) is 0 Å². The molecule has 0 atom stereocenters. The van der Waals surface area contributed by atoms with Crippen LogP contribution in [-0.4, -0.2) is 85.6 Å². The molecule has 1 aliphatic heterocycles. The molecule has 0 spiro atoms. The minimum atomic E-state index is -2.99. The zero-order valence-corrected chi connectivity index (χ0v) is 34.9. The van der Waals surface area contributed by atoms with E-state index >= 15 is 0 Å². The van der Waals surface area contributed by atoms with Crippen molar-refractivity contribution >= 4 is 34.2 Å². The van der Waals surface area contributed by atoms with Crippen LogP contribution in [-0.2, 0) is 35.4 Å². The van der Waals surface area contributed by atoms with Gasteiger partial charge in [-0.2, -0.15) is 0 Å². The molecule has 1 heterocycles. The van der Waals surface area contributed by atoms with Crippen molar-refractivity contribution in [2.45, 2.75) is 133 Å². The first kappa shape index (κ1) is 42.6. The van der Waals surface area contributed by atoms with Crippen LogP contribution in [0.15, 0.2) is 0 Å². The van der Waals surface area contributed by atoms with Gasteiger partial charge in [-0.15, -0.1) is 0 Å². The quantitative estimate of drug-likeness (QED) is 0.0934. The largest absolute Gasteiger partial charge is 0.413 e. The molecule has 264 valence electrons. The van der Waals surface area contributed by atoms with Crippen molar-refractivity contribution in [2.24, 2.45) is 23.7 Å². The molecular formula is C32H72O8Si4. The smallest absolute Gasteiger partial charge is 0.347 e. The second-order valence-corrected chi connectivity index (χ2v) is 28.4. The maximum atomic E-state index is 7.63. The van der Waals surface area contributed by atoms with Gasteiger partial charge in [0.1, 0.15) is 0 Å². The van der Waals surface area contributed by atoms with Gasteiger partial charge in [-0.05, 0) is 47.8 Å². The Hall–Kier alpha value is 0.548. The van der Waals surface area contributed by atoms with E-state index in [2.05, 4.69) is 83.1 Å². The van der Waals surface area contributed by atoms with Crippen molar-refractivity contribution in [3.05, 3.63) is 0 Å². The van der Waals surface area contributed by atoms with Gasteiger partial charge in [0, 0.05) is 26.4 Å². The van der Waals surface area contributed by atoms with Gasteiger partial charge in [0.15, 0.2) is 0 Å². The van der Waals surface area contributed by atoms with Crippen molar-refractivity contribution in [2.75, 3.05) is 51.3 Å². The molecule has 12 heteroatoms. The standard InChI is InChI=1S/C32H72O8Si4/c1-13-17-41(25-33-21-29(5)6)37-42(18-14-2,26-34-22-30(7)8)39-44(20-16-4,28-36-24-32(11)12)40-43(38-41,19-15-3)27-35-23-31(9)10/h29-32H,13-28H2,1-12H3. The van der Waals surface area contributed by atoms with Crippen molar-refractivity contribution in [3.63, 3.8) is 0 Å². The summed E-state index contributed by atoms with van der Waals surface area (Å²) in [5.41, 5.74) is 0. The second kappa shape index (κ2) is 21.5. The fourth-order valence-electron chi connectivity index (χ4n) is 5.70. The topological polar surface area (TPSA) is 73.8 Å². The van der Waals surface area contributed by atoms with Crippen molar-refractivity contribution in [3.8, 4) is 0 Å². The lowest BCUT2D eigenvalue weighted by Gasteiger charge is -2.53. The molecule has 0 saturated carbocycles. The first-order chi connectivity index (χ1) is 20.7. The Morgan fingerprint density at radius 2 is 0.545 bits per heavy atom. The molecule has 0 aromatic carbocycles. The maximum absolute atomic E-state index is 7.63. The maximum Gasteiger partial charge on any atom is 0.347 e. The van der Waals surface area contributed by atoms with E-state index in [4.69, 9.17) is 35.4 Å². The molecule has 0 amide bonds. The van der Waals surface area contributed by atoms with E-state index in [0.717, 1.165) is 49.9 Å². The van der Waals surface area contributed by atoms with Crippen LogP contribution < -0.4 is 0 Å². The average molecular weight is 697 g/mol. The second-order valence-electron chi connectivity index (χ2n) is 14.7. The first-order valence-electron chi connectivity index (χ1n) is 17.9. The van der Waals surface area contributed by atoms with Crippen LogP contribution in [0, 0.1) is 23.7 Å². The van der Waals surface area contributed by atoms with Gasteiger partial charge in [-0.1, -0.05) is 109 Å². The third-order valence-corrected chi connectivity index (χ3v) is 26.6. The fourth-order valence-corrected chi connectivity index (χ4v) is 29.2. The van der Waals surface area contributed by atoms with Crippen LogP contribution in [0.1, 0.15) is 109 Å². The van der Waals surface area contributed by atoms with E-state index < -0.39 is 34.2 Å². The molecule has 44 heavy (non-hydrogen) atoms. The lowest BCUT2D eigenvalue weighted by molar-refractivity contribution is 0.0697. The fraction of sp³-hybridized carbons (Fsp3) is 1.00. The number of hydrogen-bond acceptors (Lipinski definition) is 8. The summed E-state index contributed by atoms with van der Waals surface area (Å²) < 4.78 is 56.3. The molecule has 0 bridgehead atoms. The van der Waals surface area contributed by atoms with Gasteiger partial charge in [0.25, 0.3) is 0 Å². The van der Waals surface area contributed by atoms with Crippen LogP contribution in [0.4, 0.5) is 0 Å². The van der Waals surface area contributed by atoms with Gasteiger partial charge in [0.05, 0.1) is 24.9 Å². The molecule has 0 N–H and O–H groups in total. The minimum absolute atomic E-state index is 0.422. The van der Waals surface area contributed by atoms with Gasteiger partial charge in [0.2, 0.25) is 0 Å². The molecule has 0 aromatic heterocycles. The lowest BCUT2D eigenvalue weighted by atomic mass is 10.2. The summed E-state index contributed by atoms with van der Waals surface area (Å²) in [7, 11) is -12.0. The van der Waals surface area contributed by atoms with Crippen LogP contribution in [0.25, 0.3) is 0 Å². The Morgan fingerprint density at radius 3 is 0.682 bits per heavy atom. The van der Waals surface area contributed by atoms with Crippen LogP contribution >= 0.6 is 0 Å². The Bertz CT molecular complexity index is 613. The lowest BCUT2D eigenvalue weighted by Crippen LogP contribution is -2.74. The summed E-state index contributed by atoms with van der Waals surface area (Å²) in [5, 5.41) is 0. The van der Waals surface area contributed by atoms with E-state index in [1.54, 1.807) is 0 Å². The third kappa shape index (κ3) is 15.6. The minimum Gasteiger partial charge on any atom is -0.413 e. The predicted octanol–water partition coefficient (Wildman–Crippen LogP) is 8.32. The van der Waals surface area contributed by atoms with Crippen LogP contribution in [0.3, 0.4) is 0 Å². The van der Waals surface area contributed by atoms with Gasteiger partial charge in [-0.3, -0.25) is 0 Å². The Balaban J connectivity index is 3.88. The molecular weight excluding hydrogens is 625 g/mol. The molecule has 1 fully saturated rings. The summed E-state index contributed by atoms with van der Waals surface area (Å²) in [6.45, 7) is 29.1. The number of rotatable bonds is 24. The highest BCUT2D eigenvalue weighted by molar-refractivity contribution is 6.95. The molecule has 0 aliphatic carbocycles. The number of hydrogen-bond donors (Lipinski definition) is 0. The average Bonchev–Trinajstić information content (AvgIpc) is 2.87. The zero-order valence-electron chi connectivity index (χ0n) is 30.9. The van der Waals surface area contributed by atoms with Crippen molar-refractivity contribution in [1.29, 1.82) is 0 Å². The van der Waals surface area contributed by atoms with Crippen LogP contribution in [0.5, 0.6) is 0 Å². The molecule has 1 aliphatic rings. The first-order valence-corrected chi connectivity index (χ1v) is 26.8. The van der Waals surface area contributed by atoms with E-state index in [9.17, 15) is 0 Å². The van der Waals surface area contributed by atoms with Crippen molar-refractivity contribution in [1.82, 2.24) is 0 Å². The summed E-state index contributed by atoms with van der Waals surface area (Å²) in [6.07, 6.45) is 5.68. The van der Waals surface area contributed by atoms with E-state index in [-0.39, 0.29) is 0 Å². The summed E-state index contributed by atoms with van der Waals surface area (Å²) in [4.78, 5) is 0. The van der Waals surface area contributed by atoms with Crippen LogP contribution in [0.2, 0.25) is 24.2 Å². The molecule has 1 saturated heterocycles. The SMILES string of the molecule is CCC[Si]1(COCC(C)C)O[Si](CCC)(COCC(C)C)O[Si](CCC)(COCC(C)C)O[Si](CCC)(COCC(C)C)O1. The van der Waals surface area contributed by atoms with Gasteiger partial charge < -0.3 is 35.4 Å². The summed E-state index contributed by atoms with van der Waals surface area (Å²) in [5.74, 6) is 1.69. The molecule has 0 aromatic rings. The normalized spacial score (nSPS) is 28.4. The highest BCUT2D eigenvalue weighted by atomic mass is 28.5. The number of ether oxygens (including phenoxy) is 4. The zero-order chi connectivity index (χ0) is 33.3. The predicted molar refractivity (Wildman–Crippen MR) is 190 cm³/mol. The van der Waals surface area contributed by atoms with E-state index in [1.165, 1.54) is 0 Å². The molecule has 0 unspecified atom stereocenters. The highest BCUT2D eigenvalue weighted by Gasteiger charge is 2.62. The monoisotopic (exact) mass is 696 g/mol. The Labute approximate surface area is 276 Å². The third-order valence-electron chi connectivity index (χ3n) is 7.10. The van der Waals surface area contributed by atoms with Crippen molar-refractivity contribution < 1.29 is 35.4 Å². The molecule has 1 rings (SSSR count). The van der Waals surface area contributed by atoms with Gasteiger partial charge >= 0.3 is 34.2 Å². The highest BCUT2D eigenvalue weighted by Crippen LogP contribution is 2.39. The summed E-state index contributed by atoms with van der Waals surface area (Å²) in [6, 6.07) is 3.31. The van der Waals surface area contributed by atoms with E-state index in [1.807, 2.05) is 0 Å². The Morgan fingerprint density at radius 1 is 0.364 bits per heavy atom. The molecule has 0 radical (unpaired) electrons. The Kier molecular flexibility index (Phi) is 20.8. The molecule has 8 nitrogen and oxygen atoms in total. The summed E-state index contributed by atoms with van der Waals surface area (Å²) >= 11 is 0. The van der Waals surface area contributed by atoms with E-state index in [0.29, 0.717) is 75.0 Å².